The number of carbonyl (C=O) groups is 1. The second-order valence-corrected chi connectivity index (χ2v) is 9.21. The summed E-state index contributed by atoms with van der Waals surface area (Å²) in [7, 11) is 0. The van der Waals surface area contributed by atoms with E-state index in [0.717, 1.165) is 41.4 Å². The number of Topliss-reactive ketones (excluding diaryl/α,β-unsaturated/α-hetero) is 1. The molecular weight excluding hydrogens is 397 g/mol. The largest absolute Gasteiger partial charge is 0.416 e. The van der Waals surface area contributed by atoms with E-state index in [2.05, 4.69) is 17.2 Å². The van der Waals surface area contributed by atoms with E-state index in [1.165, 1.54) is 6.07 Å². The van der Waals surface area contributed by atoms with Gasteiger partial charge in [0.1, 0.15) is 5.82 Å². The Labute approximate surface area is 173 Å². The maximum atomic E-state index is 13.1. The standard InChI is InChI=1S/C22H25F3N2OS/c1-4-6-19-20(26-13-29-19)27-17-11-21(2,3)12-18(28)16(17)10-14-7-5-8-15(9-14)22(23,24)25/h5,7-9,13,27H,4,6,10-12H2,1-3H3. The van der Waals surface area contributed by atoms with Crippen LogP contribution < -0.4 is 5.32 Å². The minimum atomic E-state index is -4.40. The van der Waals surface area contributed by atoms with Crippen molar-refractivity contribution in [2.24, 2.45) is 5.41 Å². The molecule has 29 heavy (non-hydrogen) atoms. The second kappa shape index (κ2) is 8.30. The van der Waals surface area contributed by atoms with Crippen LogP contribution in [0.5, 0.6) is 0 Å². The number of nitrogens with one attached hydrogen (secondary N) is 1. The molecule has 3 nitrogen and oxygen atoms in total. The number of aryl methyl sites for hydroxylation is 1. The Balaban J connectivity index is 1.96. The molecule has 1 aliphatic carbocycles. The van der Waals surface area contributed by atoms with Crippen LogP contribution in [0, 0.1) is 5.41 Å². The lowest BCUT2D eigenvalue weighted by atomic mass is 9.74. The number of anilines is 1. The fraction of sp³-hybridized carbons (Fsp3) is 0.455. The molecule has 0 saturated heterocycles. The predicted octanol–water partition coefficient (Wildman–Crippen LogP) is 6.41. The Kier molecular flexibility index (Phi) is 6.17. The van der Waals surface area contributed by atoms with E-state index in [1.54, 1.807) is 22.9 Å². The number of aromatic nitrogens is 1. The van der Waals surface area contributed by atoms with Crippen LogP contribution in [0.2, 0.25) is 0 Å². The SMILES string of the molecule is CCCc1scnc1NC1=C(Cc2cccc(C(F)(F)F)c2)C(=O)CC(C)(C)C1. The average Bonchev–Trinajstić information content (AvgIpc) is 3.04. The lowest BCUT2D eigenvalue weighted by molar-refractivity contribution is -0.137. The molecule has 1 N–H and O–H groups in total. The molecule has 1 heterocycles. The van der Waals surface area contributed by atoms with Gasteiger partial charge in [-0.1, -0.05) is 45.4 Å². The van der Waals surface area contributed by atoms with Crippen LogP contribution in [-0.2, 0) is 23.8 Å². The quantitative estimate of drug-likeness (QED) is 0.585. The smallest absolute Gasteiger partial charge is 0.342 e. The number of benzene rings is 1. The van der Waals surface area contributed by atoms with Gasteiger partial charge >= 0.3 is 6.18 Å². The Morgan fingerprint density at radius 1 is 1.24 bits per heavy atom. The number of allylic oxidation sites excluding steroid dienone is 2. The van der Waals surface area contributed by atoms with Crippen LogP contribution in [-0.4, -0.2) is 10.8 Å². The number of thiazole rings is 1. The first-order valence-electron chi connectivity index (χ1n) is 9.70. The van der Waals surface area contributed by atoms with Gasteiger partial charge in [0.05, 0.1) is 11.1 Å². The molecule has 0 amide bonds. The number of hydrogen-bond donors (Lipinski definition) is 1. The zero-order valence-corrected chi connectivity index (χ0v) is 17.6. The molecule has 0 saturated carbocycles. The van der Waals surface area contributed by atoms with Crippen molar-refractivity contribution in [3.8, 4) is 0 Å². The van der Waals surface area contributed by atoms with Gasteiger partial charge in [-0.25, -0.2) is 4.98 Å². The highest BCUT2D eigenvalue weighted by Crippen LogP contribution is 2.39. The summed E-state index contributed by atoms with van der Waals surface area (Å²) >= 11 is 1.57. The summed E-state index contributed by atoms with van der Waals surface area (Å²) in [4.78, 5) is 18.4. The maximum Gasteiger partial charge on any atom is 0.416 e. The predicted molar refractivity (Wildman–Crippen MR) is 110 cm³/mol. The molecule has 0 aliphatic heterocycles. The lowest BCUT2D eigenvalue weighted by Gasteiger charge is -2.32. The Hall–Kier alpha value is -2.15. The van der Waals surface area contributed by atoms with E-state index in [4.69, 9.17) is 0 Å². The van der Waals surface area contributed by atoms with Crippen LogP contribution >= 0.6 is 11.3 Å². The fourth-order valence-corrected chi connectivity index (χ4v) is 4.49. The van der Waals surface area contributed by atoms with Gasteiger partial charge in [-0.05, 0) is 29.9 Å². The summed E-state index contributed by atoms with van der Waals surface area (Å²) in [6, 6.07) is 5.21. The van der Waals surface area contributed by atoms with Crippen molar-refractivity contribution < 1.29 is 18.0 Å². The van der Waals surface area contributed by atoms with Crippen LogP contribution in [0.1, 0.15) is 56.0 Å². The van der Waals surface area contributed by atoms with Gasteiger partial charge in [0, 0.05) is 29.0 Å². The van der Waals surface area contributed by atoms with E-state index >= 15 is 0 Å². The number of carbonyl (C=O) groups excluding carboxylic acids is 1. The molecule has 0 fully saturated rings. The molecule has 0 bridgehead atoms. The molecule has 0 spiro atoms. The highest BCUT2D eigenvalue weighted by atomic mass is 32.1. The molecule has 0 unspecified atom stereocenters. The highest BCUT2D eigenvalue weighted by molar-refractivity contribution is 7.10. The normalized spacial score (nSPS) is 17.0. The average molecular weight is 423 g/mol. The molecule has 7 heteroatoms. The first-order chi connectivity index (χ1) is 13.6. The van der Waals surface area contributed by atoms with E-state index < -0.39 is 11.7 Å². The molecule has 1 aromatic heterocycles. The highest BCUT2D eigenvalue weighted by Gasteiger charge is 2.34. The van der Waals surface area contributed by atoms with Gasteiger partial charge < -0.3 is 5.32 Å². The second-order valence-electron chi connectivity index (χ2n) is 8.27. The topological polar surface area (TPSA) is 42.0 Å². The van der Waals surface area contributed by atoms with Crippen LogP contribution in [0.25, 0.3) is 0 Å². The third kappa shape index (κ3) is 5.26. The summed E-state index contributed by atoms with van der Waals surface area (Å²) in [6.07, 6.45) is -1.33. The summed E-state index contributed by atoms with van der Waals surface area (Å²) in [5.41, 5.74) is 2.67. The number of hydrogen-bond acceptors (Lipinski definition) is 4. The van der Waals surface area contributed by atoms with Crippen molar-refractivity contribution in [3.05, 3.63) is 57.1 Å². The van der Waals surface area contributed by atoms with Gasteiger partial charge in [-0.2, -0.15) is 13.2 Å². The number of nitrogens with zero attached hydrogens (tertiary/aromatic N) is 1. The van der Waals surface area contributed by atoms with Crippen molar-refractivity contribution in [2.75, 3.05) is 5.32 Å². The monoisotopic (exact) mass is 422 g/mol. The Morgan fingerprint density at radius 3 is 2.69 bits per heavy atom. The molecule has 3 rings (SSSR count). The van der Waals surface area contributed by atoms with Gasteiger partial charge in [0.2, 0.25) is 0 Å². The third-order valence-corrected chi connectivity index (χ3v) is 5.91. The summed E-state index contributed by atoms with van der Waals surface area (Å²) in [6.45, 7) is 6.15. The van der Waals surface area contributed by atoms with Crippen molar-refractivity contribution in [1.29, 1.82) is 0 Å². The first-order valence-corrected chi connectivity index (χ1v) is 10.6. The number of rotatable bonds is 6. The zero-order valence-electron chi connectivity index (χ0n) is 16.8. The lowest BCUT2D eigenvalue weighted by Crippen LogP contribution is -2.29. The third-order valence-electron chi connectivity index (χ3n) is 5.02. The van der Waals surface area contributed by atoms with Crippen LogP contribution in [0.15, 0.2) is 41.0 Å². The van der Waals surface area contributed by atoms with Gasteiger partial charge in [-0.3, -0.25) is 4.79 Å². The molecule has 156 valence electrons. The molecule has 1 aliphatic rings. The van der Waals surface area contributed by atoms with Gasteiger partial charge in [0.25, 0.3) is 0 Å². The van der Waals surface area contributed by atoms with E-state index in [1.807, 2.05) is 13.8 Å². The van der Waals surface area contributed by atoms with E-state index in [9.17, 15) is 18.0 Å². The molecule has 1 aromatic carbocycles. The Bertz CT molecular complexity index is 928. The van der Waals surface area contributed by atoms with Crippen molar-refractivity contribution >= 4 is 22.9 Å². The number of ketones is 1. The van der Waals surface area contributed by atoms with Crippen molar-refractivity contribution in [2.45, 2.75) is 59.1 Å². The van der Waals surface area contributed by atoms with Crippen molar-refractivity contribution in [1.82, 2.24) is 4.98 Å². The number of alkyl halides is 3. The Morgan fingerprint density at radius 2 is 2.00 bits per heavy atom. The maximum absolute atomic E-state index is 13.1. The minimum Gasteiger partial charge on any atom is -0.342 e. The molecular formula is C22H25F3N2OS. The summed E-state index contributed by atoms with van der Waals surface area (Å²) in [5.74, 6) is 0.729. The van der Waals surface area contributed by atoms with E-state index in [0.29, 0.717) is 24.0 Å². The van der Waals surface area contributed by atoms with Gasteiger partial charge in [0.15, 0.2) is 5.78 Å². The summed E-state index contributed by atoms with van der Waals surface area (Å²) in [5, 5.41) is 3.35. The molecule has 0 radical (unpaired) electrons. The van der Waals surface area contributed by atoms with Crippen molar-refractivity contribution in [3.63, 3.8) is 0 Å². The molecule has 0 atom stereocenters. The molecule has 2 aromatic rings. The minimum absolute atomic E-state index is 0.0200. The zero-order chi connectivity index (χ0) is 21.2. The summed E-state index contributed by atoms with van der Waals surface area (Å²) < 4.78 is 39.2. The number of halogens is 3. The fourth-order valence-electron chi connectivity index (χ4n) is 3.66. The van der Waals surface area contributed by atoms with E-state index in [-0.39, 0.29) is 17.6 Å². The van der Waals surface area contributed by atoms with Crippen LogP contribution in [0.4, 0.5) is 19.0 Å². The first kappa shape index (κ1) is 21.6. The van der Waals surface area contributed by atoms with Gasteiger partial charge in [-0.15, -0.1) is 11.3 Å². The van der Waals surface area contributed by atoms with Crippen LogP contribution in [0.3, 0.4) is 0 Å².